The maximum absolute atomic E-state index is 10.8. The van der Waals surface area contributed by atoms with Gasteiger partial charge in [-0.3, -0.25) is 4.79 Å². The third kappa shape index (κ3) is 1.03. The van der Waals surface area contributed by atoms with Crippen molar-refractivity contribution in [3.63, 3.8) is 0 Å². The molecule has 1 heterocycles. The van der Waals surface area contributed by atoms with Crippen molar-refractivity contribution in [1.82, 2.24) is 0 Å². The van der Waals surface area contributed by atoms with Gasteiger partial charge in [0.05, 0.1) is 12.5 Å². The van der Waals surface area contributed by atoms with Crippen LogP contribution in [0.5, 0.6) is 0 Å². The fraction of sp³-hybridized carbons (Fsp3) is 0.875. The molecular weight excluding hydrogens is 160 g/mol. The molecule has 0 amide bonds. The minimum Gasteiger partial charge on any atom is -0.462 e. The number of aliphatic hydroxyl groups is 2. The van der Waals surface area contributed by atoms with E-state index < -0.39 is 6.10 Å². The first kappa shape index (κ1) is 8.01. The summed E-state index contributed by atoms with van der Waals surface area (Å²) in [7, 11) is 0. The van der Waals surface area contributed by atoms with Gasteiger partial charge in [-0.25, -0.2) is 0 Å². The van der Waals surface area contributed by atoms with E-state index in [0.717, 1.165) is 0 Å². The quantitative estimate of drug-likeness (QED) is 0.513. The number of esters is 1. The Morgan fingerprint density at radius 2 is 2.33 bits per heavy atom. The number of fused-ring (bicyclic) bond motifs is 1. The van der Waals surface area contributed by atoms with E-state index in [9.17, 15) is 9.90 Å². The fourth-order valence-electron chi connectivity index (χ4n) is 2.23. The standard InChI is InChI=1S/C8H12O4/c9-3-5-4-1-8(11)12-7(4)2-6(5)10/h4-7,9-10H,1-3H2/t4-,5?,6?,7+/m1/s1. The van der Waals surface area contributed by atoms with Crippen LogP contribution in [0.15, 0.2) is 0 Å². The summed E-state index contributed by atoms with van der Waals surface area (Å²) in [6.07, 6.45) is 0.192. The minimum atomic E-state index is -0.502. The van der Waals surface area contributed by atoms with Crippen LogP contribution in [0.3, 0.4) is 0 Å². The van der Waals surface area contributed by atoms with E-state index in [-0.39, 0.29) is 30.5 Å². The number of ether oxygens (including phenoxy) is 1. The van der Waals surface area contributed by atoms with Crippen molar-refractivity contribution in [2.24, 2.45) is 11.8 Å². The largest absolute Gasteiger partial charge is 0.462 e. The van der Waals surface area contributed by atoms with Crippen LogP contribution in [0.1, 0.15) is 12.8 Å². The van der Waals surface area contributed by atoms with E-state index in [4.69, 9.17) is 9.84 Å². The van der Waals surface area contributed by atoms with Crippen LogP contribution in [0.4, 0.5) is 0 Å². The van der Waals surface area contributed by atoms with Crippen LogP contribution >= 0.6 is 0 Å². The van der Waals surface area contributed by atoms with Crippen LogP contribution in [-0.2, 0) is 9.53 Å². The molecule has 1 aliphatic heterocycles. The molecule has 4 heteroatoms. The summed E-state index contributed by atoms with van der Waals surface area (Å²) >= 11 is 0. The first-order valence-electron chi connectivity index (χ1n) is 4.20. The summed E-state index contributed by atoms with van der Waals surface area (Å²) in [4.78, 5) is 10.8. The Balaban J connectivity index is 2.11. The molecule has 1 saturated carbocycles. The lowest BCUT2D eigenvalue weighted by Crippen LogP contribution is -2.23. The second kappa shape index (κ2) is 2.71. The summed E-state index contributed by atoms with van der Waals surface area (Å²) in [6.45, 7) is -0.0566. The third-order valence-electron chi connectivity index (χ3n) is 2.89. The average molecular weight is 172 g/mol. The zero-order chi connectivity index (χ0) is 8.72. The van der Waals surface area contributed by atoms with Crippen LogP contribution < -0.4 is 0 Å². The van der Waals surface area contributed by atoms with Crippen molar-refractivity contribution >= 4 is 5.97 Å². The molecule has 0 aromatic heterocycles. The molecule has 12 heavy (non-hydrogen) atoms. The topological polar surface area (TPSA) is 66.8 Å². The van der Waals surface area contributed by atoms with Gasteiger partial charge in [-0.2, -0.15) is 0 Å². The first-order chi connectivity index (χ1) is 5.72. The molecule has 2 rings (SSSR count). The summed E-state index contributed by atoms with van der Waals surface area (Å²) < 4.78 is 4.98. The Bertz CT molecular complexity index is 203. The van der Waals surface area contributed by atoms with Crippen molar-refractivity contribution in [1.29, 1.82) is 0 Å². The van der Waals surface area contributed by atoms with Gasteiger partial charge < -0.3 is 14.9 Å². The van der Waals surface area contributed by atoms with E-state index >= 15 is 0 Å². The lowest BCUT2D eigenvalue weighted by molar-refractivity contribution is -0.141. The molecule has 0 spiro atoms. The molecular formula is C8H12O4. The molecule has 2 N–H and O–H groups in total. The van der Waals surface area contributed by atoms with Crippen LogP contribution in [0, 0.1) is 11.8 Å². The number of aliphatic hydroxyl groups excluding tert-OH is 2. The SMILES string of the molecule is O=C1C[C@@H]2C(CO)C(O)C[C@@H]2O1. The van der Waals surface area contributed by atoms with E-state index in [0.29, 0.717) is 12.8 Å². The van der Waals surface area contributed by atoms with Gasteiger partial charge in [0.25, 0.3) is 0 Å². The molecule has 4 atom stereocenters. The predicted octanol–water partition coefficient (Wildman–Crippen LogP) is -0.709. The molecule has 1 aliphatic carbocycles. The van der Waals surface area contributed by atoms with E-state index in [1.807, 2.05) is 0 Å². The Labute approximate surface area is 70.1 Å². The van der Waals surface area contributed by atoms with Gasteiger partial charge in [0.2, 0.25) is 0 Å². The van der Waals surface area contributed by atoms with Gasteiger partial charge in [0.15, 0.2) is 0 Å². The van der Waals surface area contributed by atoms with Gasteiger partial charge in [-0.1, -0.05) is 0 Å². The molecule has 0 bridgehead atoms. The minimum absolute atomic E-state index is 0.0394. The molecule has 0 radical (unpaired) electrons. The maximum atomic E-state index is 10.8. The van der Waals surface area contributed by atoms with Crippen LogP contribution in [-0.4, -0.2) is 35.0 Å². The highest BCUT2D eigenvalue weighted by molar-refractivity contribution is 5.72. The van der Waals surface area contributed by atoms with Crippen LogP contribution in [0.2, 0.25) is 0 Å². The number of hydrogen-bond donors (Lipinski definition) is 2. The Hall–Kier alpha value is -0.610. The van der Waals surface area contributed by atoms with Crippen molar-refractivity contribution in [2.75, 3.05) is 6.61 Å². The van der Waals surface area contributed by atoms with Crippen LogP contribution in [0.25, 0.3) is 0 Å². The zero-order valence-corrected chi connectivity index (χ0v) is 6.64. The summed E-state index contributed by atoms with van der Waals surface area (Å²) in [5.74, 6) is -0.325. The average Bonchev–Trinajstić information content (AvgIpc) is 2.43. The molecule has 2 fully saturated rings. The van der Waals surface area contributed by atoms with Crippen molar-refractivity contribution < 1.29 is 19.7 Å². The van der Waals surface area contributed by atoms with E-state index in [1.54, 1.807) is 0 Å². The van der Waals surface area contributed by atoms with E-state index in [1.165, 1.54) is 0 Å². The van der Waals surface area contributed by atoms with Crippen molar-refractivity contribution in [3.05, 3.63) is 0 Å². The van der Waals surface area contributed by atoms with E-state index in [2.05, 4.69) is 0 Å². The Morgan fingerprint density at radius 1 is 1.58 bits per heavy atom. The van der Waals surface area contributed by atoms with Crippen molar-refractivity contribution in [2.45, 2.75) is 25.0 Å². The Morgan fingerprint density at radius 3 is 3.00 bits per heavy atom. The summed E-state index contributed by atoms with van der Waals surface area (Å²) in [6, 6.07) is 0. The number of hydrogen-bond acceptors (Lipinski definition) is 4. The Kier molecular flexibility index (Phi) is 1.81. The molecule has 0 aromatic carbocycles. The highest BCUT2D eigenvalue weighted by Gasteiger charge is 2.49. The molecule has 0 aromatic rings. The molecule has 2 unspecified atom stereocenters. The zero-order valence-electron chi connectivity index (χ0n) is 6.64. The highest BCUT2D eigenvalue weighted by atomic mass is 16.6. The first-order valence-corrected chi connectivity index (χ1v) is 4.20. The fourth-order valence-corrected chi connectivity index (χ4v) is 2.23. The third-order valence-corrected chi connectivity index (χ3v) is 2.89. The lowest BCUT2D eigenvalue weighted by Gasteiger charge is -2.14. The van der Waals surface area contributed by atoms with Crippen molar-refractivity contribution in [3.8, 4) is 0 Å². The molecule has 68 valence electrons. The number of carbonyl (C=O) groups excluding carboxylic acids is 1. The lowest BCUT2D eigenvalue weighted by atomic mass is 9.93. The molecule has 1 saturated heterocycles. The highest BCUT2D eigenvalue weighted by Crippen LogP contribution is 2.40. The predicted molar refractivity (Wildman–Crippen MR) is 39.2 cm³/mol. The van der Waals surface area contributed by atoms with Gasteiger partial charge in [-0.15, -0.1) is 0 Å². The maximum Gasteiger partial charge on any atom is 0.306 e. The second-order valence-corrected chi connectivity index (χ2v) is 3.55. The number of rotatable bonds is 1. The molecule has 2 aliphatic rings. The summed E-state index contributed by atoms with van der Waals surface area (Å²) in [5.41, 5.74) is 0. The van der Waals surface area contributed by atoms with Gasteiger partial charge in [0.1, 0.15) is 6.10 Å². The smallest absolute Gasteiger partial charge is 0.306 e. The number of carbonyl (C=O) groups is 1. The molecule has 4 nitrogen and oxygen atoms in total. The van der Waals surface area contributed by atoms with Gasteiger partial charge >= 0.3 is 5.97 Å². The normalized spacial score (nSPS) is 46.0. The second-order valence-electron chi connectivity index (χ2n) is 3.55. The summed E-state index contributed by atoms with van der Waals surface area (Å²) in [5, 5.41) is 18.4. The monoisotopic (exact) mass is 172 g/mol. The van der Waals surface area contributed by atoms with Gasteiger partial charge in [-0.05, 0) is 0 Å². The van der Waals surface area contributed by atoms with Gasteiger partial charge in [0, 0.05) is 24.9 Å².